The third kappa shape index (κ3) is 3.54. The summed E-state index contributed by atoms with van der Waals surface area (Å²) >= 11 is 7.19. The minimum Gasteiger partial charge on any atom is -0.370 e. The number of rotatable bonds is 3. The van der Waals surface area contributed by atoms with Crippen LogP contribution in [-0.2, 0) is 4.74 Å². The van der Waals surface area contributed by atoms with Crippen LogP contribution < -0.4 is 0 Å². The summed E-state index contributed by atoms with van der Waals surface area (Å²) in [7, 11) is 0. The van der Waals surface area contributed by atoms with E-state index >= 15 is 0 Å². The fourth-order valence-corrected chi connectivity index (χ4v) is 3.42. The number of carbonyl (C=O) groups is 1. The fourth-order valence-electron chi connectivity index (χ4n) is 2.45. The number of thiophene rings is 1. The molecule has 0 saturated carbocycles. The highest BCUT2D eigenvalue weighted by Crippen LogP contribution is 2.24. The first-order valence-electron chi connectivity index (χ1n) is 6.04. The van der Waals surface area contributed by atoms with Gasteiger partial charge in [-0.2, -0.15) is 0 Å². The van der Waals surface area contributed by atoms with Crippen molar-refractivity contribution in [1.82, 2.24) is 4.90 Å². The van der Waals surface area contributed by atoms with Crippen LogP contribution in [0.25, 0.3) is 0 Å². The largest absolute Gasteiger partial charge is 0.370 e. The van der Waals surface area contributed by atoms with Gasteiger partial charge in [0.05, 0.1) is 27.5 Å². The van der Waals surface area contributed by atoms with Crippen LogP contribution in [0.2, 0.25) is 4.34 Å². The number of hydrogen-bond acceptors (Lipinski definition) is 4. The van der Waals surface area contributed by atoms with Crippen LogP contribution in [0.5, 0.6) is 0 Å². The van der Waals surface area contributed by atoms with E-state index in [1.165, 1.54) is 11.3 Å². The summed E-state index contributed by atoms with van der Waals surface area (Å²) < 4.78 is 6.48. The van der Waals surface area contributed by atoms with Crippen molar-refractivity contribution in [3.05, 3.63) is 21.3 Å². The molecule has 18 heavy (non-hydrogen) atoms. The van der Waals surface area contributed by atoms with Gasteiger partial charge in [0.15, 0.2) is 5.78 Å². The molecule has 2 heterocycles. The van der Waals surface area contributed by atoms with Gasteiger partial charge >= 0.3 is 0 Å². The third-order valence-corrected chi connectivity index (χ3v) is 4.13. The zero-order valence-electron chi connectivity index (χ0n) is 10.9. The van der Waals surface area contributed by atoms with Gasteiger partial charge in [-0.25, -0.2) is 0 Å². The summed E-state index contributed by atoms with van der Waals surface area (Å²) in [5.74, 6) is 0.136. The van der Waals surface area contributed by atoms with Gasteiger partial charge in [0, 0.05) is 13.1 Å². The Labute approximate surface area is 117 Å². The average Bonchev–Trinajstić information content (AvgIpc) is 2.61. The highest BCUT2D eigenvalue weighted by molar-refractivity contribution is 7.18. The Morgan fingerprint density at radius 3 is 2.89 bits per heavy atom. The van der Waals surface area contributed by atoms with Crippen molar-refractivity contribution in [1.29, 1.82) is 0 Å². The summed E-state index contributed by atoms with van der Waals surface area (Å²) in [5.41, 5.74) is -0.189. The van der Waals surface area contributed by atoms with Crippen molar-refractivity contribution < 1.29 is 9.53 Å². The average molecular weight is 288 g/mol. The Hall–Kier alpha value is -0.420. The summed E-state index contributed by atoms with van der Waals surface area (Å²) in [5, 5.41) is 0. The highest BCUT2D eigenvalue weighted by Gasteiger charge is 2.32. The second-order valence-electron chi connectivity index (χ2n) is 5.38. The van der Waals surface area contributed by atoms with E-state index in [9.17, 15) is 4.79 Å². The first kappa shape index (κ1) is 14.0. The highest BCUT2D eigenvalue weighted by atomic mass is 35.5. The molecule has 1 fully saturated rings. The van der Waals surface area contributed by atoms with Crippen molar-refractivity contribution in [2.75, 3.05) is 19.6 Å². The number of ketones is 1. The molecule has 1 aromatic rings. The van der Waals surface area contributed by atoms with Crippen LogP contribution in [0, 0.1) is 0 Å². The van der Waals surface area contributed by atoms with Gasteiger partial charge < -0.3 is 4.74 Å². The molecule has 0 aliphatic carbocycles. The molecule has 0 spiro atoms. The fraction of sp³-hybridized carbons (Fsp3) is 0.615. The molecule has 2 rings (SSSR count). The SMILES string of the molecule is CC1CN(CC(=O)c2ccc(Cl)s2)CC(C)(C)O1. The lowest BCUT2D eigenvalue weighted by Gasteiger charge is -2.41. The van der Waals surface area contributed by atoms with Gasteiger partial charge in [0.25, 0.3) is 0 Å². The molecular formula is C13H18ClNO2S. The van der Waals surface area contributed by atoms with E-state index in [4.69, 9.17) is 16.3 Å². The second kappa shape index (κ2) is 5.29. The van der Waals surface area contributed by atoms with Crippen molar-refractivity contribution >= 4 is 28.7 Å². The van der Waals surface area contributed by atoms with E-state index < -0.39 is 0 Å². The zero-order valence-corrected chi connectivity index (χ0v) is 12.5. The molecule has 1 saturated heterocycles. The number of Topliss-reactive ketones (excluding diaryl/α,β-unsaturated/α-hetero) is 1. The Kier molecular flexibility index (Phi) is 4.11. The standard InChI is InChI=1S/C13H18ClNO2S/c1-9-6-15(8-13(2,3)17-9)7-10(16)11-4-5-12(14)18-11/h4-5,9H,6-8H2,1-3H3. The van der Waals surface area contributed by atoms with Crippen molar-refractivity contribution in [3.63, 3.8) is 0 Å². The molecule has 1 unspecified atom stereocenters. The van der Waals surface area contributed by atoms with Crippen LogP contribution in [0.1, 0.15) is 30.4 Å². The Morgan fingerprint density at radius 2 is 2.33 bits per heavy atom. The lowest BCUT2D eigenvalue weighted by molar-refractivity contribution is -0.126. The Morgan fingerprint density at radius 1 is 1.61 bits per heavy atom. The van der Waals surface area contributed by atoms with Crippen molar-refractivity contribution in [2.45, 2.75) is 32.5 Å². The predicted molar refractivity (Wildman–Crippen MR) is 74.7 cm³/mol. The number of halogens is 1. The molecule has 100 valence electrons. The molecule has 5 heteroatoms. The van der Waals surface area contributed by atoms with E-state index in [0.717, 1.165) is 18.0 Å². The summed E-state index contributed by atoms with van der Waals surface area (Å²) in [6, 6.07) is 3.57. The lowest BCUT2D eigenvalue weighted by atomic mass is 10.1. The van der Waals surface area contributed by atoms with Gasteiger partial charge in [-0.05, 0) is 32.9 Å². The molecule has 0 radical (unpaired) electrons. The summed E-state index contributed by atoms with van der Waals surface area (Å²) in [6.45, 7) is 8.18. The second-order valence-corrected chi connectivity index (χ2v) is 7.10. The molecule has 1 aromatic heterocycles. The maximum Gasteiger partial charge on any atom is 0.186 e. The maximum atomic E-state index is 12.1. The smallest absolute Gasteiger partial charge is 0.186 e. The van der Waals surface area contributed by atoms with E-state index in [0.29, 0.717) is 10.9 Å². The Bertz CT molecular complexity index is 444. The monoisotopic (exact) mass is 287 g/mol. The van der Waals surface area contributed by atoms with Gasteiger partial charge in [0.1, 0.15) is 0 Å². The zero-order chi connectivity index (χ0) is 13.3. The number of carbonyl (C=O) groups excluding carboxylic acids is 1. The van der Waals surface area contributed by atoms with E-state index in [-0.39, 0.29) is 17.5 Å². The molecule has 1 aliphatic heterocycles. The Balaban J connectivity index is 1.99. The van der Waals surface area contributed by atoms with Gasteiger partial charge in [-0.1, -0.05) is 11.6 Å². The molecule has 0 N–H and O–H groups in total. The predicted octanol–water partition coefficient (Wildman–Crippen LogP) is 3.08. The third-order valence-electron chi connectivity index (χ3n) is 2.86. The van der Waals surface area contributed by atoms with E-state index in [1.807, 2.05) is 6.92 Å². The summed E-state index contributed by atoms with van der Waals surface area (Å²) in [6.07, 6.45) is 0.161. The van der Waals surface area contributed by atoms with Gasteiger partial charge in [-0.3, -0.25) is 9.69 Å². The quantitative estimate of drug-likeness (QED) is 0.800. The molecule has 1 atom stereocenters. The van der Waals surface area contributed by atoms with Gasteiger partial charge in [0.2, 0.25) is 0 Å². The molecule has 0 amide bonds. The van der Waals surface area contributed by atoms with Crippen molar-refractivity contribution in [2.24, 2.45) is 0 Å². The summed E-state index contributed by atoms with van der Waals surface area (Å²) in [4.78, 5) is 15.0. The molecule has 3 nitrogen and oxygen atoms in total. The minimum absolute atomic E-state index is 0.136. The van der Waals surface area contributed by atoms with E-state index in [2.05, 4.69) is 18.7 Å². The number of ether oxygens (including phenoxy) is 1. The molecule has 1 aliphatic rings. The number of morpholine rings is 1. The van der Waals surface area contributed by atoms with Crippen LogP contribution in [0.15, 0.2) is 12.1 Å². The maximum absolute atomic E-state index is 12.1. The van der Waals surface area contributed by atoms with Crippen LogP contribution in [-0.4, -0.2) is 42.0 Å². The van der Waals surface area contributed by atoms with Crippen LogP contribution in [0.4, 0.5) is 0 Å². The molecule has 0 bridgehead atoms. The normalized spacial score (nSPS) is 24.1. The lowest BCUT2D eigenvalue weighted by Crippen LogP contribution is -2.52. The van der Waals surface area contributed by atoms with Gasteiger partial charge in [-0.15, -0.1) is 11.3 Å². The first-order valence-corrected chi connectivity index (χ1v) is 7.24. The van der Waals surface area contributed by atoms with E-state index in [1.54, 1.807) is 12.1 Å². The number of hydrogen-bond donors (Lipinski definition) is 0. The van der Waals surface area contributed by atoms with Crippen LogP contribution >= 0.6 is 22.9 Å². The first-order chi connectivity index (χ1) is 8.35. The number of nitrogens with zero attached hydrogens (tertiary/aromatic N) is 1. The van der Waals surface area contributed by atoms with Crippen LogP contribution in [0.3, 0.4) is 0 Å². The molecular weight excluding hydrogens is 270 g/mol. The molecule has 0 aromatic carbocycles. The minimum atomic E-state index is -0.189. The topological polar surface area (TPSA) is 29.5 Å². The van der Waals surface area contributed by atoms with Crippen molar-refractivity contribution in [3.8, 4) is 0 Å².